The molecule has 1 N–H and O–H groups in total. The largest absolute Gasteiger partial charge is 0.362 e. The molecule has 0 bridgehead atoms. The SMILES string of the molecule is CN=C1NCCS1=O. The van der Waals surface area contributed by atoms with Gasteiger partial charge in [-0.2, -0.15) is 0 Å². The van der Waals surface area contributed by atoms with Crippen LogP contribution >= 0.6 is 0 Å². The van der Waals surface area contributed by atoms with Crippen molar-refractivity contribution in [1.82, 2.24) is 5.32 Å². The summed E-state index contributed by atoms with van der Waals surface area (Å²) in [4.78, 5) is 3.77. The van der Waals surface area contributed by atoms with Crippen molar-refractivity contribution in [2.45, 2.75) is 0 Å². The Kier molecular flexibility index (Phi) is 1.62. The van der Waals surface area contributed by atoms with E-state index < -0.39 is 10.8 Å². The Morgan fingerprint density at radius 3 is 2.88 bits per heavy atom. The number of hydrogen-bond donors (Lipinski definition) is 1. The van der Waals surface area contributed by atoms with E-state index in [2.05, 4.69) is 10.3 Å². The molecule has 46 valence electrons. The van der Waals surface area contributed by atoms with E-state index in [0.29, 0.717) is 10.9 Å². The number of nitrogens with one attached hydrogen (secondary N) is 1. The fraction of sp³-hybridized carbons (Fsp3) is 0.750. The number of rotatable bonds is 0. The maximum absolute atomic E-state index is 10.7. The van der Waals surface area contributed by atoms with Gasteiger partial charge in [-0.3, -0.25) is 9.20 Å². The van der Waals surface area contributed by atoms with Gasteiger partial charge in [-0.25, -0.2) is 0 Å². The Morgan fingerprint density at radius 2 is 2.62 bits per heavy atom. The van der Waals surface area contributed by atoms with Crippen molar-refractivity contribution in [3.63, 3.8) is 0 Å². The molecule has 1 rings (SSSR count). The van der Waals surface area contributed by atoms with Gasteiger partial charge in [0.2, 0.25) is 0 Å². The average Bonchev–Trinajstić information content (AvgIpc) is 2.14. The van der Waals surface area contributed by atoms with E-state index in [9.17, 15) is 4.21 Å². The molecule has 0 aromatic rings. The standard InChI is InChI=1S/C4H8N2OS/c1-5-4-6-2-3-8(4)7/h2-3H2,1H3,(H,5,6). The van der Waals surface area contributed by atoms with Crippen molar-refractivity contribution in [2.24, 2.45) is 4.99 Å². The predicted molar refractivity (Wildman–Crippen MR) is 34.4 cm³/mol. The molecule has 3 nitrogen and oxygen atoms in total. The molecule has 0 aromatic heterocycles. The van der Waals surface area contributed by atoms with E-state index in [0.717, 1.165) is 6.54 Å². The summed E-state index contributed by atoms with van der Waals surface area (Å²) >= 11 is 0. The summed E-state index contributed by atoms with van der Waals surface area (Å²) in [6.45, 7) is 0.805. The van der Waals surface area contributed by atoms with E-state index in [-0.39, 0.29) is 0 Å². The number of hydrogen-bond acceptors (Lipinski definition) is 2. The lowest BCUT2D eigenvalue weighted by molar-refractivity contribution is 0.691. The van der Waals surface area contributed by atoms with Gasteiger partial charge in [0.1, 0.15) is 0 Å². The molecule has 1 fully saturated rings. The second-order valence-electron chi connectivity index (χ2n) is 1.51. The maximum atomic E-state index is 10.7. The van der Waals surface area contributed by atoms with E-state index in [1.54, 1.807) is 7.05 Å². The summed E-state index contributed by atoms with van der Waals surface area (Å²) in [5.41, 5.74) is 0. The van der Waals surface area contributed by atoms with Gasteiger partial charge in [-0.15, -0.1) is 0 Å². The van der Waals surface area contributed by atoms with Crippen LogP contribution in [0.4, 0.5) is 0 Å². The molecule has 0 amide bonds. The zero-order valence-electron chi connectivity index (χ0n) is 4.68. The second kappa shape index (κ2) is 2.26. The third kappa shape index (κ3) is 0.888. The van der Waals surface area contributed by atoms with Gasteiger partial charge in [0.05, 0.1) is 10.8 Å². The lowest BCUT2D eigenvalue weighted by atomic mass is 10.8. The lowest BCUT2D eigenvalue weighted by Crippen LogP contribution is -2.15. The van der Waals surface area contributed by atoms with Gasteiger partial charge in [0, 0.05) is 19.3 Å². The molecular formula is C4H8N2OS. The van der Waals surface area contributed by atoms with E-state index in [1.807, 2.05) is 0 Å². The highest BCUT2D eigenvalue weighted by Gasteiger charge is 2.14. The van der Waals surface area contributed by atoms with Gasteiger partial charge in [-0.05, 0) is 0 Å². The zero-order valence-corrected chi connectivity index (χ0v) is 5.49. The van der Waals surface area contributed by atoms with Gasteiger partial charge < -0.3 is 5.32 Å². The van der Waals surface area contributed by atoms with Crippen LogP contribution in [-0.2, 0) is 10.8 Å². The average molecular weight is 132 g/mol. The number of aliphatic imine (C=N–C) groups is 1. The Bertz CT molecular complexity index is 143. The van der Waals surface area contributed by atoms with Crippen LogP contribution in [-0.4, -0.2) is 28.7 Å². The smallest absolute Gasteiger partial charge is 0.187 e. The Morgan fingerprint density at radius 1 is 1.88 bits per heavy atom. The summed E-state index contributed by atoms with van der Waals surface area (Å²) in [5.74, 6) is 0.715. The zero-order chi connectivity index (χ0) is 5.98. The molecule has 4 heteroatoms. The number of amidine groups is 1. The molecule has 1 aliphatic heterocycles. The Labute approximate surface area is 50.6 Å². The molecule has 8 heavy (non-hydrogen) atoms. The monoisotopic (exact) mass is 132 g/mol. The molecule has 1 aliphatic rings. The summed E-state index contributed by atoms with van der Waals surface area (Å²) in [7, 11) is 0.823. The van der Waals surface area contributed by atoms with Crippen LogP contribution in [0, 0.1) is 0 Å². The van der Waals surface area contributed by atoms with Crippen LogP contribution in [0.3, 0.4) is 0 Å². The first-order chi connectivity index (χ1) is 3.84. The normalized spacial score (nSPS) is 33.1. The molecule has 0 aliphatic carbocycles. The fourth-order valence-corrected chi connectivity index (χ4v) is 1.56. The quantitative estimate of drug-likeness (QED) is 0.474. The third-order valence-corrected chi connectivity index (χ3v) is 2.32. The first-order valence-corrected chi connectivity index (χ1v) is 3.75. The first kappa shape index (κ1) is 5.75. The van der Waals surface area contributed by atoms with Gasteiger partial charge in [-0.1, -0.05) is 0 Å². The molecule has 0 spiro atoms. The van der Waals surface area contributed by atoms with Crippen molar-refractivity contribution in [3.8, 4) is 0 Å². The van der Waals surface area contributed by atoms with Crippen LogP contribution in [0.2, 0.25) is 0 Å². The summed E-state index contributed by atoms with van der Waals surface area (Å²) < 4.78 is 10.7. The summed E-state index contributed by atoms with van der Waals surface area (Å²) in [6, 6.07) is 0. The molecule has 1 heterocycles. The molecule has 1 unspecified atom stereocenters. The topological polar surface area (TPSA) is 41.5 Å². The molecule has 0 radical (unpaired) electrons. The van der Waals surface area contributed by atoms with Crippen LogP contribution in [0.25, 0.3) is 0 Å². The summed E-state index contributed by atoms with van der Waals surface area (Å²) in [5, 5.41) is 3.55. The minimum Gasteiger partial charge on any atom is -0.362 e. The van der Waals surface area contributed by atoms with Gasteiger partial charge in [0.15, 0.2) is 5.17 Å². The highest BCUT2D eigenvalue weighted by Crippen LogP contribution is 1.91. The van der Waals surface area contributed by atoms with Gasteiger partial charge >= 0.3 is 0 Å². The Balaban J connectivity index is 2.69. The van der Waals surface area contributed by atoms with Crippen LogP contribution in [0.5, 0.6) is 0 Å². The van der Waals surface area contributed by atoms with Crippen molar-refractivity contribution in [2.75, 3.05) is 19.3 Å². The van der Waals surface area contributed by atoms with Gasteiger partial charge in [0.25, 0.3) is 0 Å². The van der Waals surface area contributed by atoms with Crippen molar-refractivity contribution >= 4 is 16.0 Å². The van der Waals surface area contributed by atoms with Crippen molar-refractivity contribution in [3.05, 3.63) is 0 Å². The molecule has 0 aromatic carbocycles. The van der Waals surface area contributed by atoms with Crippen molar-refractivity contribution in [1.29, 1.82) is 0 Å². The third-order valence-electron chi connectivity index (χ3n) is 0.982. The van der Waals surface area contributed by atoms with Crippen LogP contribution in [0.1, 0.15) is 0 Å². The first-order valence-electron chi connectivity index (χ1n) is 2.43. The second-order valence-corrected chi connectivity index (χ2v) is 2.99. The lowest BCUT2D eigenvalue weighted by Gasteiger charge is -1.88. The molecule has 0 saturated carbocycles. The van der Waals surface area contributed by atoms with Crippen LogP contribution in [0.15, 0.2) is 4.99 Å². The van der Waals surface area contributed by atoms with Crippen LogP contribution < -0.4 is 5.32 Å². The maximum Gasteiger partial charge on any atom is 0.187 e. The highest BCUT2D eigenvalue weighted by atomic mass is 32.2. The molecule has 1 atom stereocenters. The minimum atomic E-state index is -0.822. The fourth-order valence-electron chi connectivity index (χ4n) is 0.609. The predicted octanol–water partition coefficient (Wildman–Crippen LogP) is -0.676. The highest BCUT2D eigenvalue weighted by molar-refractivity contribution is 8.00. The Hall–Kier alpha value is -0.380. The van der Waals surface area contributed by atoms with E-state index in [1.165, 1.54) is 0 Å². The van der Waals surface area contributed by atoms with E-state index in [4.69, 9.17) is 0 Å². The molecule has 1 saturated heterocycles. The number of nitrogens with zero attached hydrogens (tertiary/aromatic N) is 1. The molecular weight excluding hydrogens is 124 g/mol. The summed E-state index contributed by atoms with van der Waals surface area (Å²) in [6.07, 6.45) is 0. The minimum absolute atomic E-state index is 0.644. The van der Waals surface area contributed by atoms with E-state index >= 15 is 0 Å². The van der Waals surface area contributed by atoms with Crippen molar-refractivity contribution < 1.29 is 4.21 Å².